The number of thioether (sulfide) groups is 1. The fraction of sp³-hybridized carbons (Fsp3) is 0.500. The number of benzene rings is 1. The van der Waals surface area contributed by atoms with Crippen LogP contribution >= 0.6 is 11.8 Å². The Morgan fingerprint density at radius 2 is 2.15 bits per heavy atom. The van der Waals surface area contributed by atoms with E-state index in [-0.39, 0.29) is 18.0 Å². The summed E-state index contributed by atoms with van der Waals surface area (Å²) in [7, 11) is 0. The molecular weight excluding hydrogens is 352 g/mol. The van der Waals surface area contributed by atoms with Crippen LogP contribution in [0.2, 0.25) is 0 Å². The molecule has 4 rings (SSSR count). The Labute approximate surface area is 156 Å². The number of amides is 1. The van der Waals surface area contributed by atoms with E-state index in [0.29, 0.717) is 12.5 Å². The summed E-state index contributed by atoms with van der Waals surface area (Å²) in [5.74, 6) is 3.05. The molecule has 0 saturated heterocycles. The minimum Gasteiger partial charge on any atom is -0.454 e. The minimum atomic E-state index is -0.245. The molecule has 2 heterocycles. The summed E-state index contributed by atoms with van der Waals surface area (Å²) in [5.41, 5.74) is 0.979. The number of carbonyl (C=O) groups excluding carboxylic acids is 1. The Morgan fingerprint density at radius 3 is 2.92 bits per heavy atom. The van der Waals surface area contributed by atoms with E-state index in [0.717, 1.165) is 34.6 Å². The molecule has 1 atom stereocenters. The second-order valence-electron chi connectivity index (χ2n) is 6.52. The van der Waals surface area contributed by atoms with Crippen molar-refractivity contribution in [3.8, 4) is 11.5 Å². The Hall–Kier alpha value is -2.22. The van der Waals surface area contributed by atoms with Gasteiger partial charge in [0.15, 0.2) is 16.7 Å². The standard InChI is InChI=1S/C18H22N4O3S/c1-3-22-16(13-5-6-13)20-21-18(22)26-11(2)17(23)19-9-12-4-7-14-15(8-12)25-10-24-14/h4,7-8,11,13H,3,5-6,9-10H2,1-2H3,(H,19,23)/t11-/m1/s1. The van der Waals surface area contributed by atoms with Crippen LogP contribution < -0.4 is 14.8 Å². The molecule has 8 heteroatoms. The highest BCUT2D eigenvalue weighted by Crippen LogP contribution is 2.40. The fourth-order valence-electron chi connectivity index (χ4n) is 2.92. The molecule has 2 aliphatic rings. The van der Waals surface area contributed by atoms with Gasteiger partial charge < -0.3 is 19.4 Å². The zero-order valence-electron chi connectivity index (χ0n) is 14.9. The van der Waals surface area contributed by atoms with Crippen LogP contribution in [0.15, 0.2) is 23.4 Å². The lowest BCUT2D eigenvalue weighted by atomic mass is 10.2. The molecule has 1 fully saturated rings. The molecule has 1 aliphatic heterocycles. The lowest BCUT2D eigenvalue weighted by molar-refractivity contribution is -0.120. The summed E-state index contributed by atoms with van der Waals surface area (Å²) in [4.78, 5) is 12.5. The molecule has 1 amide bonds. The highest BCUT2D eigenvalue weighted by molar-refractivity contribution is 8.00. The molecule has 1 saturated carbocycles. The van der Waals surface area contributed by atoms with E-state index in [4.69, 9.17) is 9.47 Å². The van der Waals surface area contributed by atoms with Crippen LogP contribution in [0, 0.1) is 0 Å². The largest absolute Gasteiger partial charge is 0.454 e. The third-order valence-electron chi connectivity index (χ3n) is 4.56. The van der Waals surface area contributed by atoms with Crippen molar-refractivity contribution in [1.82, 2.24) is 20.1 Å². The zero-order chi connectivity index (χ0) is 18.1. The lowest BCUT2D eigenvalue weighted by Gasteiger charge is -2.13. The van der Waals surface area contributed by atoms with Gasteiger partial charge in [-0.15, -0.1) is 10.2 Å². The van der Waals surface area contributed by atoms with Crippen molar-refractivity contribution in [2.75, 3.05) is 6.79 Å². The first kappa shape index (κ1) is 17.2. The fourth-order valence-corrected chi connectivity index (χ4v) is 3.87. The number of nitrogens with zero attached hydrogens (tertiary/aromatic N) is 3. The van der Waals surface area contributed by atoms with Gasteiger partial charge in [-0.3, -0.25) is 4.79 Å². The molecule has 26 heavy (non-hydrogen) atoms. The monoisotopic (exact) mass is 374 g/mol. The van der Waals surface area contributed by atoms with Gasteiger partial charge in [-0.25, -0.2) is 0 Å². The second kappa shape index (κ2) is 7.19. The molecule has 1 aromatic carbocycles. The highest BCUT2D eigenvalue weighted by Gasteiger charge is 2.30. The zero-order valence-corrected chi connectivity index (χ0v) is 15.7. The van der Waals surface area contributed by atoms with E-state index in [9.17, 15) is 4.79 Å². The Morgan fingerprint density at radius 1 is 1.35 bits per heavy atom. The summed E-state index contributed by atoms with van der Waals surface area (Å²) < 4.78 is 12.8. The highest BCUT2D eigenvalue weighted by atomic mass is 32.2. The van der Waals surface area contributed by atoms with Gasteiger partial charge in [-0.1, -0.05) is 17.8 Å². The van der Waals surface area contributed by atoms with Gasteiger partial charge >= 0.3 is 0 Å². The molecule has 1 aromatic heterocycles. The molecule has 138 valence electrons. The quantitative estimate of drug-likeness (QED) is 0.751. The average Bonchev–Trinajstić information content (AvgIpc) is 3.25. The molecule has 7 nitrogen and oxygen atoms in total. The number of aromatic nitrogens is 3. The third-order valence-corrected chi connectivity index (χ3v) is 5.64. The molecule has 0 bridgehead atoms. The number of ether oxygens (including phenoxy) is 2. The smallest absolute Gasteiger partial charge is 0.233 e. The second-order valence-corrected chi connectivity index (χ2v) is 7.83. The Balaban J connectivity index is 1.34. The number of fused-ring (bicyclic) bond motifs is 1. The number of nitrogens with one attached hydrogen (secondary N) is 1. The molecule has 1 aliphatic carbocycles. The topological polar surface area (TPSA) is 78.3 Å². The summed E-state index contributed by atoms with van der Waals surface area (Å²) in [5, 5.41) is 12.2. The Bertz CT molecular complexity index is 819. The van der Waals surface area contributed by atoms with E-state index >= 15 is 0 Å². The van der Waals surface area contributed by atoms with Gasteiger partial charge in [0.05, 0.1) is 5.25 Å². The molecular formula is C18H22N4O3S. The van der Waals surface area contributed by atoms with Crippen molar-refractivity contribution in [2.24, 2.45) is 0 Å². The van der Waals surface area contributed by atoms with E-state index in [1.807, 2.05) is 25.1 Å². The van der Waals surface area contributed by atoms with Crippen molar-refractivity contribution in [3.63, 3.8) is 0 Å². The van der Waals surface area contributed by atoms with Crippen LogP contribution in [-0.4, -0.2) is 32.7 Å². The number of carbonyl (C=O) groups is 1. The van der Waals surface area contributed by atoms with E-state index < -0.39 is 0 Å². The maximum Gasteiger partial charge on any atom is 0.233 e. The maximum absolute atomic E-state index is 12.5. The van der Waals surface area contributed by atoms with Crippen LogP contribution in [0.5, 0.6) is 11.5 Å². The van der Waals surface area contributed by atoms with Gasteiger partial charge in [0.1, 0.15) is 5.82 Å². The lowest BCUT2D eigenvalue weighted by Crippen LogP contribution is -2.30. The summed E-state index contributed by atoms with van der Waals surface area (Å²) in [6, 6.07) is 5.70. The first-order valence-corrected chi connectivity index (χ1v) is 9.79. The molecule has 0 radical (unpaired) electrons. The summed E-state index contributed by atoms with van der Waals surface area (Å²) >= 11 is 1.46. The van der Waals surface area contributed by atoms with E-state index in [2.05, 4.69) is 27.0 Å². The predicted molar refractivity (Wildman–Crippen MR) is 97.4 cm³/mol. The maximum atomic E-state index is 12.5. The van der Waals surface area contributed by atoms with Gasteiger partial charge in [0.25, 0.3) is 0 Å². The van der Waals surface area contributed by atoms with Crippen LogP contribution in [0.25, 0.3) is 0 Å². The average molecular weight is 374 g/mol. The third kappa shape index (κ3) is 3.51. The normalized spacial score (nSPS) is 16.5. The van der Waals surface area contributed by atoms with Crippen molar-refractivity contribution in [2.45, 2.75) is 56.1 Å². The first-order valence-electron chi connectivity index (χ1n) is 8.91. The molecule has 1 N–H and O–H groups in total. The number of hydrogen-bond donors (Lipinski definition) is 1. The van der Waals surface area contributed by atoms with Gasteiger partial charge in [0, 0.05) is 19.0 Å². The van der Waals surface area contributed by atoms with Crippen LogP contribution in [0.3, 0.4) is 0 Å². The van der Waals surface area contributed by atoms with Crippen LogP contribution in [0.4, 0.5) is 0 Å². The summed E-state index contributed by atoms with van der Waals surface area (Å²) in [6.07, 6.45) is 2.38. The van der Waals surface area contributed by atoms with Crippen LogP contribution in [-0.2, 0) is 17.9 Å². The van der Waals surface area contributed by atoms with Crippen LogP contribution in [0.1, 0.15) is 44.0 Å². The van der Waals surface area contributed by atoms with Crippen molar-refractivity contribution < 1.29 is 14.3 Å². The van der Waals surface area contributed by atoms with Crippen molar-refractivity contribution in [1.29, 1.82) is 0 Å². The number of rotatable bonds is 7. The van der Waals surface area contributed by atoms with Gasteiger partial charge in [-0.05, 0) is 44.4 Å². The molecule has 0 spiro atoms. The first-order chi connectivity index (χ1) is 12.7. The van der Waals surface area contributed by atoms with Crippen molar-refractivity contribution >= 4 is 17.7 Å². The van der Waals surface area contributed by atoms with Crippen molar-refractivity contribution in [3.05, 3.63) is 29.6 Å². The molecule has 0 unspecified atom stereocenters. The SMILES string of the molecule is CCn1c(S[C@H](C)C(=O)NCc2ccc3c(c2)OCO3)nnc1C1CC1. The predicted octanol–water partition coefficient (Wildman–Crippen LogP) is 2.70. The summed E-state index contributed by atoms with van der Waals surface area (Å²) in [6.45, 7) is 5.51. The Kier molecular flexibility index (Phi) is 4.76. The molecule has 2 aromatic rings. The number of hydrogen-bond acceptors (Lipinski definition) is 6. The van der Waals surface area contributed by atoms with Gasteiger partial charge in [-0.2, -0.15) is 0 Å². The van der Waals surface area contributed by atoms with E-state index in [1.165, 1.54) is 24.6 Å². The minimum absolute atomic E-state index is 0.0220. The van der Waals surface area contributed by atoms with Gasteiger partial charge in [0.2, 0.25) is 12.7 Å². The van der Waals surface area contributed by atoms with E-state index in [1.54, 1.807) is 0 Å².